The standard InChI is InChI=1S/C23H19ClN2O2/c24-20-11-12-21(26-23(20)28)19(14-18-10-13-22(27)25-18)17-8-6-16(7-9-17)15-4-2-1-3-5-15/h1-9,11-12,14,18H,10,13H2,(H,25,27)(H,26,28)/t18-/m1/s1. The van der Waals surface area contributed by atoms with Crippen LogP contribution in [-0.2, 0) is 4.79 Å². The number of aromatic nitrogens is 1. The number of amides is 1. The number of hydrogen-bond acceptors (Lipinski definition) is 2. The van der Waals surface area contributed by atoms with Crippen molar-refractivity contribution in [1.29, 1.82) is 0 Å². The molecule has 1 amide bonds. The van der Waals surface area contributed by atoms with Crippen molar-refractivity contribution < 1.29 is 4.79 Å². The van der Waals surface area contributed by atoms with Crippen LogP contribution in [0.1, 0.15) is 24.1 Å². The molecule has 1 aromatic heterocycles. The van der Waals surface area contributed by atoms with E-state index in [0.717, 1.165) is 28.7 Å². The number of nitrogens with one attached hydrogen (secondary N) is 2. The first-order valence-electron chi connectivity index (χ1n) is 9.16. The summed E-state index contributed by atoms with van der Waals surface area (Å²) in [6.07, 6.45) is 3.25. The van der Waals surface area contributed by atoms with Crippen LogP contribution in [0, 0.1) is 0 Å². The minimum atomic E-state index is -0.332. The van der Waals surface area contributed by atoms with Crippen molar-refractivity contribution in [2.24, 2.45) is 0 Å². The second kappa shape index (κ2) is 7.87. The van der Waals surface area contributed by atoms with E-state index in [1.165, 1.54) is 0 Å². The molecule has 2 heterocycles. The minimum absolute atomic E-state index is 0.0459. The van der Waals surface area contributed by atoms with Crippen LogP contribution >= 0.6 is 11.6 Å². The molecule has 4 nitrogen and oxygen atoms in total. The van der Waals surface area contributed by atoms with Gasteiger partial charge in [0, 0.05) is 23.7 Å². The van der Waals surface area contributed by atoms with Crippen LogP contribution in [0.3, 0.4) is 0 Å². The lowest BCUT2D eigenvalue weighted by Gasteiger charge is -2.13. The number of carbonyl (C=O) groups is 1. The van der Waals surface area contributed by atoms with Crippen molar-refractivity contribution in [2.75, 3.05) is 0 Å². The van der Waals surface area contributed by atoms with E-state index in [-0.39, 0.29) is 22.5 Å². The van der Waals surface area contributed by atoms with Crippen molar-refractivity contribution in [3.05, 3.63) is 99.4 Å². The molecule has 1 saturated heterocycles. The van der Waals surface area contributed by atoms with Crippen molar-refractivity contribution in [1.82, 2.24) is 10.3 Å². The Bertz CT molecular complexity index is 1090. The van der Waals surface area contributed by atoms with Crippen LogP contribution in [0.5, 0.6) is 0 Å². The minimum Gasteiger partial charge on any atom is -0.350 e. The fraction of sp³-hybridized carbons (Fsp3) is 0.130. The zero-order valence-electron chi connectivity index (χ0n) is 15.1. The van der Waals surface area contributed by atoms with Gasteiger partial charge in [0.25, 0.3) is 5.56 Å². The molecule has 28 heavy (non-hydrogen) atoms. The molecule has 0 radical (unpaired) electrons. The van der Waals surface area contributed by atoms with Gasteiger partial charge in [-0.15, -0.1) is 0 Å². The summed E-state index contributed by atoms with van der Waals surface area (Å²) in [6.45, 7) is 0. The fourth-order valence-electron chi connectivity index (χ4n) is 3.39. The average molecular weight is 391 g/mol. The smallest absolute Gasteiger partial charge is 0.267 e. The van der Waals surface area contributed by atoms with Gasteiger partial charge in [-0.3, -0.25) is 9.59 Å². The molecule has 0 saturated carbocycles. The second-order valence-corrected chi connectivity index (χ2v) is 7.19. The Morgan fingerprint density at radius 3 is 2.29 bits per heavy atom. The van der Waals surface area contributed by atoms with Gasteiger partial charge < -0.3 is 10.3 Å². The van der Waals surface area contributed by atoms with E-state index in [1.54, 1.807) is 12.1 Å². The third kappa shape index (κ3) is 3.92. The molecular weight excluding hydrogens is 372 g/mol. The molecule has 0 bridgehead atoms. The summed E-state index contributed by atoms with van der Waals surface area (Å²) in [6, 6.07) is 21.6. The van der Waals surface area contributed by atoms with Crippen molar-refractivity contribution in [3.8, 4) is 11.1 Å². The summed E-state index contributed by atoms with van der Waals surface area (Å²) in [4.78, 5) is 26.4. The van der Waals surface area contributed by atoms with Crippen LogP contribution < -0.4 is 10.9 Å². The van der Waals surface area contributed by atoms with Gasteiger partial charge in [-0.2, -0.15) is 0 Å². The van der Waals surface area contributed by atoms with Crippen molar-refractivity contribution in [2.45, 2.75) is 18.9 Å². The van der Waals surface area contributed by atoms with Crippen LogP contribution in [0.4, 0.5) is 0 Å². The molecule has 0 spiro atoms. The van der Waals surface area contributed by atoms with Crippen LogP contribution in [0.2, 0.25) is 5.02 Å². The summed E-state index contributed by atoms with van der Waals surface area (Å²) in [5, 5.41) is 3.10. The third-order valence-electron chi connectivity index (χ3n) is 4.85. The number of H-pyrrole nitrogens is 1. The molecule has 1 aliphatic rings. The van der Waals surface area contributed by atoms with E-state index in [4.69, 9.17) is 11.6 Å². The molecule has 140 valence electrons. The lowest BCUT2D eigenvalue weighted by molar-refractivity contribution is -0.119. The van der Waals surface area contributed by atoms with Gasteiger partial charge in [-0.25, -0.2) is 0 Å². The molecule has 2 N–H and O–H groups in total. The van der Waals surface area contributed by atoms with Gasteiger partial charge in [-0.1, -0.05) is 72.3 Å². The highest BCUT2D eigenvalue weighted by Gasteiger charge is 2.20. The monoisotopic (exact) mass is 390 g/mol. The van der Waals surface area contributed by atoms with Gasteiger partial charge in [0.2, 0.25) is 5.91 Å². The number of carbonyl (C=O) groups excluding carboxylic acids is 1. The van der Waals surface area contributed by atoms with Crippen molar-refractivity contribution >= 4 is 23.1 Å². The SMILES string of the molecule is O=C1CC[C@H](C=C(c2ccc(-c3ccccc3)cc2)c2ccc(Cl)c(=O)[nH]2)N1. The molecule has 2 aromatic carbocycles. The number of aromatic amines is 1. The van der Waals surface area contributed by atoms with E-state index < -0.39 is 0 Å². The first-order valence-corrected chi connectivity index (χ1v) is 9.54. The molecule has 4 rings (SSSR count). The Morgan fingerprint density at radius 1 is 0.929 bits per heavy atom. The first-order chi connectivity index (χ1) is 13.6. The lowest BCUT2D eigenvalue weighted by Crippen LogP contribution is -2.23. The zero-order valence-corrected chi connectivity index (χ0v) is 15.9. The Hall–Kier alpha value is -3.11. The van der Waals surface area contributed by atoms with Gasteiger partial charge >= 0.3 is 0 Å². The first kappa shape index (κ1) is 18.3. The van der Waals surface area contributed by atoms with Crippen LogP contribution in [0.25, 0.3) is 16.7 Å². The van der Waals surface area contributed by atoms with Crippen LogP contribution in [0.15, 0.2) is 77.6 Å². The maximum atomic E-state index is 12.0. The molecule has 1 fully saturated rings. The third-order valence-corrected chi connectivity index (χ3v) is 5.15. The molecule has 1 atom stereocenters. The Kier molecular flexibility index (Phi) is 5.13. The predicted molar refractivity (Wildman–Crippen MR) is 112 cm³/mol. The highest BCUT2D eigenvalue weighted by Crippen LogP contribution is 2.27. The van der Waals surface area contributed by atoms with Crippen molar-refractivity contribution in [3.63, 3.8) is 0 Å². The molecule has 5 heteroatoms. The predicted octanol–water partition coefficient (Wildman–Crippen LogP) is 4.41. The maximum absolute atomic E-state index is 12.0. The second-order valence-electron chi connectivity index (χ2n) is 6.79. The summed E-state index contributed by atoms with van der Waals surface area (Å²) < 4.78 is 0. The number of pyridine rings is 1. The molecule has 0 unspecified atom stereocenters. The van der Waals surface area contributed by atoms with Gasteiger partial charge in [0.1, 0.15) is 5.02 Å². The highest BCUT2D eigenvalue weighted by atomic mass is 35.5. The Labute approximate surface area is 167 Å². The quantitative estimate of drug-likeness (QED) is 0.693. The largest absolute Gasteiger partial charge is 0.350 e. The molecule has 1 aliphatic heterocycles. The number of hydrogen-bond donors (Lipinski definition) is 2. The average Bonchev–Trinajstić information content (AvgIpc) is 3.14. The number of halogens is 1. The van der Waals surface area contributed by atoms with E-state index in [2.05, 4.69) is 34.6 Å². The summed E-state index contributed by atoms with van der Waals surface area (Å²) in [7, 11) is 0. The van der Waals surface area contributed by atoms with E-state index in [1.807, 2.05) is 36.4 Å². The molecule has 0 aliphatic carbocycles. The zero-order chi connectivity index (χ0) is 19.5. The van der Waals surface area contributed by atoms with Gasteiger partial charge in [0.05, 0.1) is 0 Å². The summed E-state index contributed by atoms with van der Waals surface area (Å²) >= 11 is 5.89. The molecular formula is C23H19ClN2O2. The summed E-state index contributed by atoms with van der Waals surface area (Å²) in [5.74, 6) is 0.0459. The summed E-state index contributed by atoms with van der Waals surface area (Å²) in [5.41, 5.74) is 4.41. The normalized spacial score (nSPS) is 16.8. The van der Waals surface area contributed by atoms with Crippen LogP contribution in [-0.4, -0.2) is 16.9 Å². The van der Waals surface area contributed by atoms with E-state index in [9.17, 15) is 9.59 Å². The highest BCUT2D eigenvalue weighted by molar-refractivity contribution is 6.30. The van der Waals surface area contributed by atoms with Gasteiger partial charge in [0.15, 0.2) is 0 Å². The van der Waals surface area contributed by atoms with Gasteiger partial charge in [-0.05, 0) is 35.2 Å². The number of benzene rings is 2. The fourth-order valence-corrected chi connectivity index (χ4v) is 3.50. The molecule has 3 aromatic rings. The Balaban J connectivity index is 1.74. The Morgan fingerprint density at radius 2 is 1.64 bits per heavy atom. The van der Waals surface area contributed by atoms with E-state index >= 15 is 0 Å². The van der Waals surface area contributed by atoms with E-state index in [0.29, 0.717) is 12.1 Å². The lowest BCUT2D eigenvalue weighted by atomic mass is 9.96. The maximum Gasteiger partial charge on any atom is 0.267 e. The topological polar surface area (TPSA) is 62.0 Å². The number of rotatable bonds is 4.